The Labute approximate surface area is 183 Å². The summed E-state index contributed by atoms with van der Waals surface area (Å²) >= 11 is 29.4. The van der Waals surface area contributed by atoms with Crippen molar-refractivity contribution in [1.29, 1.82) is 0 Å². The zero-order valence-corrected chi connectivity index (χ0v) is 18.5. The maximum Gasteiger partial charge on any atom is 0.297 e. The summed E-state index contributed by atoms with van der Waals surface area (Å²) in [7, 11) is -4.15. The summed E-state index contributed by atoms with van der Waals surface area (Å²) in [4.78, 5) is -0.0616. The maximum atomic E-state index is 12.4. The minimum Gasteiger partial charge on any atom is -0.383 e. The van der Waals surface area contributed by atoms with Gasteiger partial charge in [0.05, 0.1) is 11.5 Å². The van der Waals surface area contributed by atoms with E-state index < -0.39 is 32.5 Å². The molecule has 0 aliphatic carbocycles. The predicted octanol–water partition coefficient (Wildman–Crippen LogP) is 5.66. The highest BCUT2D eigenvalue weighted by molar-refractivity contribution is 7.86. The maximum absolute atomic E-state index is 12.4. The van der Waals surface area contributed by atoms with Gasteiger partial charge in [-0.25, -0.2) is 0 Å². The summed E-state index contributed by atoms with van der Waals surface area (Å²) < 4.78 is 28.0. The van der Waals surface area contributed by atoms with Crippen LogP contribution in [0.15, 0.2) is 47.4 Å². The Morgan fingerprint density at radius 3 is 2.00 bits per heavy atom. The van der Waals surface area contributed by atoms with Crippen molar-refractivity contribution >= 4 is 68.1 Å². The van der Waals surface area contributed by atoms with Crippen molar-refractivity contribution in [3.05, 3.63) is 63.6 Å². The largest absolute Gasteiger partial charge is 0.383 e. The molecule has 1 atom stereocenters. The third-order valence-electron chi connectivity index (χ3n) is 3.66. The standard InChI is InChI=1S/C17H15Cl5O4S/c1-11-2-4-15(5-3-11)27(24,25)26-10-16(23,9-17(20,21)22)12-6-13(18)8-14(19)7-12/h2-8,23H,9-10H2,1H3. The van der Waals surface area contributed by atoms with Crippen molar-refractivity contribution in [3.8, 4) is 0 Å². The molecule has 0 saturated heterocycles. The lowest BCUT2D eigenvalue weighted by atomic mass is 9.92. The molecule has 0 saturated carbocycles. The van der Waals surface area contributed by atoms with E-state index in [9.17, 15) is 13.5 Å². The fourth-order valence-electron chi connectivity index (χ4n) is 2.34. The number of alkyl halides is 3. The highest BCUT2D eigenvalue weighted by atomic mass is 35.6. The van der Waals surface area contributed by atoms with Gasteiger partial charge in [0.2, 0.25) is 0 Å². The van der Waals surface area contributed by atoms with Crippen molar-refractivity contribution in [2.45, 2.75) is 27.6 Å². The average Bonchev–Trinajstić information content (AvgIpc) is 2.51. The van der Waals surface area contributed by atoms with Gasteiger partial charge >= 0.3 is 0 Å². The Balaban J connectivity index is 2.36. The first-order chi connectivity index (χ1) is 12.3. The van der Waals surface area contributed by atoms with Crippen LogP contribution in [0.25, 0.3) is 0 Å². The summed E-state index contributed by atoms with van der Waals surface area (Å²) in [6.45, 7) is 1.12. The smallest absolute Gasteiger partial charge is 0.297 e. The molecule has 1 unspecified atom stereocenters. The van der Waals surface area contributed by atoms with E-state index in [1.807, 2.05) is 6.92 Å². The number of aryl methyl sites for hydroxylation is 1. The van der Waals surface area contributed by atoms with Gasteiger partial charge in [-0.05, 0) is 42.8 Å². The predicted molar refractivity (Wildman–Crippen MR) is 110 cm³/mol. The molecule has 0 spiro atoms. The second kappa shape index (κ2) is 8.64. The molecule has 0 heterocycles. The van der Waals surface area contributed by atoms with Crippen LogP contribution in [0, 0.1) is 6.92 Å². The van der Waals surface area contributed by atoms with Gasteiger partial charge in [-0.15, -0.1) is 0 Å². The third kappa shape index (κ3) is 6.65. The van der Waals surface area contributed by atoms with Gasteiger partial charge in [-0.3, -0.25) is 4.18 Å². The van der Waals surface area contributed by atoms with Gasteiger partial charge in [0.15, 0.2) is 3.79 Å². The van der Waals surface area contributed by atoms with Crippen molar-refractivity contribution in [2.75, 3.05) is 6.61 Å². The molecule has 4 nitrogen and oxygen atoms in total. The number of halogens is 5. The second-order valence-electron chi connectivity index (χ2n) is 6.01. The molecule has 0 radical (unpaired) electrons. The molecule has 1 N–H and O–H groups in total. The molecule has 0 aliphatic rings. The van der Waals surface area contributed by atoms with E-state index >= 15 is 0 Å². The van der Waals surface area contributed by atoms with Gasteiger partial charge in [0.1, 0.15) is 5.60 Å². The van der Waals surface area contributed by atoms with Crippen LogP contribution < -0.4 is 0 Å². The zero-order chi connectivity index (χ0) is 20.5. The van der Waals surface area contributed by atoms with E-state index in [0.29, 0.717) is 0 Å². The van der Waals surface area contributed by atoms with E-state index in [4.69, 9.17) is 62.2 Å². The second-order valence-corrected chi connectivity index (χ2v) is 11.0. The minimum absolute atomic E-state index is 0.0616. The molecule has 2 aromatic rings. The molecule has 2 aromatic carbocycles. The van der Waals surface area contributed by atoms with Crippen LogP contribution in [-0.2, 0) is 19.9 Å². The van der Waals surface area contributed by atoms with Gasteiger partial charge in [-0.1, -0.05) is 75.7 Å². The Hall–Kier alpha value is -0.240. The van der Waals surface area contributed by atoms with E-state index in [1.165, 1.54) is 30.3 Å². The monoisotopic (exact) mass is 490 g/mol. The number of rotatable bonds is 6. The molecule has 10 heteroatoms. The normalized spacial score (nSPS) is 14.8. The summed E-state index contributed by atoms with van der Waals surface area (Å²) in [5.41, 5.74) is -0.932. The Morgan fingerprint density at radius 2 is 1.52 bits per heavy atom. The number of hydrogen-bond acceptors (Lipinski definition) is 4. The highest BCUT2D eigenvalue weighted by Crippen LogP contribution is 2.41. The third-order valence-corrected chi connectivity index (χ3v) is 5.77. The van der Waals surface area contributed by atoms with Gasteiger partial charge in [0.25, 0.3) is 10.1 Å². The Morgan fingerprint density at radius 1 is 1.00 bits per heavy atom. The molecule has 27 heavy (non-hydrogen) atoms. The van der Waals surface area contributed by atoms with Gasteiger partial charge in [-0.2, -0.15) is 8.42 Å². The van der Waals surface area contributed by atoms with E-state index in [2.05, 4.69) is 0 Å². The molecule has 0 fully saturated rings. The molecule has 2 rings (SSSR count). The van der Waals surface area contributed by atoms with Crippen LogP contribution in [0.4, 0.5) is 0 Å². The lowest BCUT2D eigenvalue weighted by Crippen LogP contribution is -2.37. The minimum atomic E-state index is -4.15. The molecule has 0 aliphatic heterocycles. The average molecular weight is 493 g/mol. The Kier molecular flexibility index (Phi) is 7.37. The first-order valence-corrected chi connectivity index (χ1v) is 10.8. The van der Waals surface area contributed by atoms with E-state index in [1.54, 1.807) is 12.1 Å². The van der Waals surface area contributed by atoms with Crippen LogP contribution in [0.5, 0.6) is 0 Å². The van der Waals surface area contributed by atoms with E-state index in [-0.39, 0.29) is 20.5 Å². The van der Waals surface area contributed by atoms with Crippen LogP contribution >= 0.6 is 58.0 Å². The van der Waals surface area contributed by atoms with Crippen molar-refractivity contribution in [2.24, 2.45) is 0 Å². The lowest BCUT2D eigenvalue weighted by Gasteiger charge is -2.31. The summed E-state index contributed by atoms with van der Waals surface area (Å²) in [6.07, 6.45) is -0.454. The quantitative estimate of drug-likeness (QED) is 0.418. The highest BCUT2D eigenvalue weighted by Gasteiger charge is 2.40. The number of benzene rings is 2. The molecular formula is C17H15Cl5O4S. The van der Waals surface area contributed by atoms with Crippen molar-refractivity contribution in [1.82, 2.24) is 0 Å². The molecule has 0 bridgehead atoms. The lowest BCUT2D eigenvalue weighted by molar-refractivity contribution is -0.0141. The fraction of sp³-hybridized carbons (Fsp3) is 0.294. The molecule has 0 aromatic heterocycles. The van der Waals surface area contributed by atoms with Crippen molar-refractivity contribution in [3.63, 3.8) is 0 Å². The van der Waals surface area contributed by atoms with Crippen LogP contribution in [-0.4, -0.2) is 23.9 Å². The summed E-state index contributed by atoms with van der Waals surface area (Å²) in [5, 5.41) is 11.5. The first-order valence-electron chi connectivity index (χ1n) is 7.53. The topological polar surface area (TPSA) is 63.6 Å². The number of aliphatic hydroxyl groups is 1. The zero-order valence-electron chi connectivity index (χ0n) is 13.9. The van der Waals surface area contributed by atoms with Crippen LogP contribution in [0.2, 0.25) is 10.0 Å². The molecule has 0 amide bonds. The summed E-state index contributed by atoms with van der Waals surface area (Å²) in [6, 6.07) is 10.3. The SMILES string of the molecule is Cc1ccc(S(=O)(=O)OCC(O)(CC(Cl)(Cl)Cl)c2cc(Cl)cc(Cl)c2)cc1. The Bertz CT molecular complexity index is 890. The van der Waals surface area contributed by atoms with E-state index in [0.717, 1.165) is 5.56 Å². The molecule has 148 valence electrons. The van der Waals surface area contributed by atoms with Crippen LogP contribution in [0.1, 0.15) is 17.5 Å². The van der Waals surface area contributed by atoms with Gasteiger partial charge < -0.3 is 5.11 Å². The van der Waals surface area contributed by atoms with Crippen LogP contribution in [0.3, 0.4) is 0 Å². The first kappa shape index (κ1) is 23.0. The number of hydrogen-bond donors (Lipinski definition) is 1. The fourth-order valence-corrected chi connectivity index (χ4v) is 4.48. The summed E-state index contributed by atoms with van der Waals surface area (Å²) in [5.74, 6) is 0. The van der Waals surface area contributed by atoms with Crippen molar-refractivity contribution < 1.29 is 17.7 Å². The molecular weight excluding hydrogens is 478 g/mol. The van der Waals surface area contributed by atoms with Gasteiger partial charge in [0, 0.05) is 16.5 Å².